The molecule has 1 unspecified atom stereocenters. The number of hydrogen-bond donors (Lipinski definition) is 2. The molecule has 0 heterocycles. The summed E-state index contributed by atoms with van der Waals surface area (Å²) in [6.45, 7) is 4.10. The highest BCUT2D eigenvalue weighted by Crippen LogP contribution is 2.46. The lowest BCUT2D eigenvalue weighted by Crippen LogP contribution is -2.51. The minimum absolute atomic E-state index is 0.135. The summed E-state index contributed by atoms with van der Waals surface area (Å²) in [6.07, 6.45) is 3.54. The first kappa shape index (κ1) is 13.1. The Balaban J connectivity index is 2.41. The fourth-order valence-corrected chi connectivity index (χ4v) is 2.44. The average molecular weight is 266 g/mol. The zero-order valence-electron chi connectivity index (χ0n) is 10.0. The first-order valence-electron chi connectivity index (χ1n) is 5.96. The van der Waals surface area contributed by atoms with Crippen molar-refractivity contribution in [2.45, 2.75) is 18.4 Å². The number of rotatable bonds is 6. The summed E-state index contributed by atoms with van der Waals surface area (Å²) >= 11 is 5.86. The molecule has 4 heteroatoms. The molecule has 1 fully saturated rings. The molecular weight excluding hydrogens is 250 g/mol. The van der Waals surface area contributed by atoms with Crippen molar-refractivity contribution >= 4 is 17.6 Å². The number of carboxylic acid groups (broad SMARTS) is 1. The zero-order chi connectivity index (χ0) is 13.2. The van der Waals surface area contributed by atoms with Crippen molar-refractivity contribution in [3.8, 4) is 0 Å². The van der Waals surface area contributed by atoms with Crippen LogP contribution in [0.2, 0.25) is 5.02 Å². The summed E-state index contributed by atoms with van der Waals surface area (Å²) in [6, 6.07) is 7.02. The van der Waals surface area contributed by atoms with Gasteiger partial charge in [-0.15, -0.1) is 6.58 Å². The molecule has 0 radical (unpaired) electrons. The van der Waals surface area contributed by atoms with Gasteiger partial charge in [0.05, 0.1) is 0 Å². The van der Waals surface area contributed by atoms with Crippen molar-refractivity contribution in [2.24, 2.45) is 5.92 Å². The normalized spacial score (nSPS) is 18.1. The van der Waals surface area contributed by atoms with E-state index in [4.69, 9.17) is 11.6 Å². The summed E-state index contributed by atoms with van der Waals surface area (Å²) in [4.78, 5) is 11.8. The Labute approximate surface area is 111 Å². The number of carboxylic acids is 1. The lowest BCUT2D eigenvalue weighted by atomic mass is 9.85. The molecule has 0 aliphatic heterocycles. The van der Waals surface area contributed by atoms with Gasteiger partial charge in [-0.3, -0.25) is 5.32 Å². The smallest absolute Gasteiger partial charge is 0.328 e. The summed E-state index contributed by atoms with van der Waals surface area (Å²) < 4.78 is 0. The number of benzene rings is 1. The van der Waals surface area contributed by atoms with Crippen LogP contribution in [0.1, 0.15) is 18.4 Å². The number of hydrogen-bond acceptors (Lipinski definition) is 2. The highest BCUT2D eigenvalue weighted by molar-refractivity contribution is 6.30. The van der Waals surface area contributed by atoms with Gasteiger partial charge in [0, 0.05) is 11.6 Å². The predicted octanol–water partition coefficient (Wildman–Crippen LogP) is 2.81. The SMILES string of the molecule is C=CCNC(C(=O)O)(c1ccc(Cl)cc1)C1CC1. The fraction of sp³-hybridized carbons (Fsp3) is 0.357. The van der Waals surface area contributed by atoms with Crippen molar-refractivity contribution in [3.05, 3.63) is 47.5 Å². The van der Waals surface area contributed by atoms with E-state index in [1.807, 2.05) is 0 Å². The van der Waals surface area contributed by atoms with E-state index in [-0.39, 0.29) is 5.92 Å². The van der Waals surface area contributed by atoms with Gasteiger partial charge in [0.1, 0.15) is 5.54 Å². The molecule has 1 saturated carbocycles. The molecule has 0 amide bonds. The third-order valence-electron chi connectivity index (χ3n) is 3.35. The average Bonchev–Trinajstić information content (AvgIpc) is 3.16. The van der Waals surface area contributed by atoms with Crippen LogP contribution in [-0.2, 0) is 10.3 Å². The van der Waals surface area contributed by atoms with E-state index in [1.54, 1.807) is 30.3 Å². The molecule has 0 bridgehead atoms. The van der Waals surface area contributed by atoms with Gasteiger partial charge in [0.15, 0.2) is 0 Å². The van der Waals surface area contributed by atoms with Crippen molar-refractivity contribution in [1.29, 1.82) is 0 Å². The molecule has 2 N–H and O–H groups in total. The molecule has 1 aromatic carbocycles. The molecule has 1 aliphatic rings. The zero-order valence-corrected chi connectivity index (χ0v) is 10.8. The molecule has 1 aromatic rings. The van der Waals surface area contributed by atoms with Crippen molar-refractivity contribution in [3.63, 3.8) is 0 Å². The fourth-order valence-electron chi connectivity index (χ4n) is 2.32. The van der Waals surface area contributed by atoms with Gasteiger partial charge in [-0.05, 0) is 36.5 Å². The second kappa shape index (κ2) is 5.12. The largest absolute Gasteiger partial charge is 0.480 e. The third kappa shape index (κ3) is 2.28. The molecule has 0 aromatic heterocycles. The Morgan fingerprint density at radius 3 is 2.56 bits per heavy atom. The van der Waals surface area contributed by atoms with Crippen molar-refractivity contribution in [2.75, 3.05) is 6.54 Å². The molecule has 18 heavy (non-hydrogen) atoms. The number of nitrogens with one attached hydrogen (secondary N) is 1. The number of aliphatic carboxylic acids is 1. The second-order valence-electron chi connectivity index (χ2n) is 4.56. The lowest BCUT2D eigenvalue weighted by Gasteiger charge is -2.31. The quantitative estimate of drug-likeness (QED) is 0.778. The van der Waals surface area contributed by atoms with E-state index in [9.17, 15) is 9.90 Å². The van der Waals surface area contributed by atoms with Gasteiger partial charge in [0.25, 0.3) is 0 Å². The van der Waals surface area contributed by atoms with Gasteiger partial charge in [-0.1, -0.05) is 29.8 Å². The molecule has 1 aliphatic carbocycles. The van der Waals surface area contributed by atoms with E-state index in [1.165, 1.54) is 0 Å². The van der Waals surface area contributed by atoms with Crippen LogP contribution >= 0.6 is 11.6 Å². The Kier molecular flexibility index (Phi) is 3.73. The van der Waals surface area contributed by atoms with Gasteiger partial charge >= 0.3 is 5.97 Å². The van der Waals surface area contributed by atoms with Crippen LogP contribution in [0.4, 0.5) is 0 Å². The first-order valence-corrected chi connectivity index (χ1v) is 6.34. The van der Waals surface area contributed by atoms with Crippen molar-refractivity contribution < 1.29 is 9.90 Å². The third-order valence-corrected chi connectivity index (χ3v) is 3.60. The van der Waals surface area contributed by atoms with Gasteiger partial charge in [-0.2, -0.15) is 0 Å². The predicted molar refractivity (Wildman–Crippen MR) is 71.7 cm³/mol. The van der Waals surface area contributed by atoms with Crippen LogP contribution in [-0.4, -0.2) is 17.6 Å². The van der Waals surface area contributed by atoms with E-state index in [2.05, 4.69) is 11.9 Å². The molecule has 96 valence electrons. The molecule has 2 rings (SSSR count). The Morgan fingerprint density at radius 2 is 2.11 bits per heavy atom. The molecule has 3 nitrogen and oxygen atoms in total. The minimum atomic E-state index is -1.02. The standard InChI is InChI=1S/C14H16ClNO2/c1-2-9-16-14(13(17)18,10-3-4-10)11-5-7-12(15)8-6-11/h2,5-8,10,16H,1,3-4,9H2,(H,17,18). The van der Waals surface area contributed by atoms with E-state index in [0.717, 1.165) is 18.4 Å². The van der Waals surface area contributed by atoms with Crippen LogP contribution in [0, 0.1) is 5.92 Å². The van der Waals surface area contributed by atoms with Crippen LogP contribution in [0.25, 0.3) is 0 Å². The van der Waals surface area contributed by atoms with E-state index in [0.29, 0.717) is 11.6 Å². The Morgan fingerprint density at radius 1 is 1.50 bits per heavy atom. The van der Waals surface area contributed by atoms with Gasteiger partial charge in [-0.25, -0.2) is 4.79 Å². The van der Waals surface area contributed by atoms with Crippen LogP contribution < -0.4 is 5.32 Å². The summed E-state index contributed by atoms with van der Waals surface area (Å²) in [5.41, 5.74) is -0.262. The summed E-state index contributed by atoms with van der Waals surface area (Å²) in [5, 5.41) is 13.4. The molecule has 1 atom stereocenters. The monoisotopic (exact) mass is 265 g/mol. The van der Waals surface area contributed by atoms with Crippen molar-refractivity contribution in [1.82, 2.24) is 5.32 Å². The minimum Gasteiger partial charge on any atom is -0.480 e. The second-order valence-corrected chi connectivity index (χ2v) is 5.00. The molecule has 0 saturated heterocycles. The Bertz CT molecular complexity index is 453. The highest BCUT2D eigenvalue weighted by Gasteiger charge is 2.52. The van der Waals surface area contributed by atoms with E-state index >= 15 is 0 Å². The molecular formula is C14H16ClNO2. The maximum absolute atomic E-state index is 11.8. The topological polar surface area (TPSA) is 49.3 Å². The van der Waals surface area contributed by atoms with E-state index < -0.39 is 11.5 Å². The highest BCUT2D eigenvalue weighted by atomic mass is 35.5. The van der Waals surface area contributed by atoms with Gasteiger partial charge in [0.2, 0.25) is 0 Å². The lowest BCUT2D eigenvalue weighted by molar-refractivity contribution is -0.146. The number of carbonyl (C=O) groups is 1. The maximum Gasteiger partial charge on any atom is 0.328 e. The molecule has 0 spiro atoms. The summed E-state index contributed by atoms with van der Waals surface area (Å²) in [7, 11) is 0. The Hall–Kier alpha value is -1.32. The number of halogens is 1. The maximum atomic E-state index is 11.8. The summed E-state index contributed by atoms with van der Waals surface area (Å²) in [5.74, 6) is -0.703. The first-order chi connectivity index (χ1) is 8.61. The van der Waals surface area contributed by atoms with Gasteiger partial charge < -0.3 is 5.11 Å². The van der Waals surface area contributed by atoms with Crippen LogP contribution in [0.3, 0.4) is 0 Å². The van der Waals surface area contributed by atoms with Crippen LogP contribution in [0.15, 0.2) is 36.9 Å². The van der Waals surface area contributed by atoms with Crippen LogP contribution in [0.5, 0.6) is 0 Å².